The van der Waals surface area contributed by atoms with E-state index in [9.17, 15) is 0 Å². The summed E-state index contributed by atoms with van der Waals surface area (Å²) in [5.74, 6) is 1.90. The molecule has 1 aromatic carbocycles. The third-order valence-corrected chi connectivity index (χ3v) is 6.90. The average Bonchev–Trinajstić information content (AvgIpc) is 3.17. The highest BCUT2D eigenvalue weighted by atomic mass is 35.5. The van der Waals surface area contributed by atoms with Crippen LogP contribution in [0, 0.1) is 19.8 Å². The van der Waals surface area contributed by atoms with E-state index in [2.05, 4.69) is 91.5 Å². The molecule has 3 aromatic rings. The van der Waals surface area contributed by atoms with Crippen LogP contribution in [0.2, 0.25) is 0 Å². The molecule has 1 saturated heterocycles. The summed E-state index contributed by atoms with van der Waals surface area (Å²) in [4.78, 5) is 14.9. The Labute approximate surface area is 229 Å². The molecule has 5 nitrogen and oxygen atoms in total. The van der Waals surface area contributed by atoms with Gasteiger partial charge >= 0.3 is 0 Å². The zero-order valence-electron chi connectivity index (χ0n) is 22.5. The van der Waals surface area contributed by atoms with Crippen LogP contribution in [0.25, 0.3) is 17.2 Å². The molecule has 0 N–H and O–H groups in total. The summed E-state index contributed by atoms with van der Waals surface area (Å²) >= 11 is 0. The SMILES string of the molecule is CCc1nc2c(C)cc(C)nc2n1Cc1ccc(C=CCN2CCN(CCC(C)C)CC2)cc1.Cl.Cl. The van der Waals surface area contributed by atoms with Crippen molar-refractivity contribution in [2.24, 2.45) is 5.92 Å². The molecule has 3 heterocycles. The first-order valence-electron chi connectivity index (χ1n) is 13.0. The molecule has 198 valence electrons. The van der Waals surface area contributed by atoms with Crippen LogP contribution < -0.4 is 0 Å². The number of pyridine rings is 1. The van der Waals surface area contributed by atoms with Gasteiger partial charge in [0.1, 0.15) is 11.3 Å². The Bertz CT molecular complexity index is 1110. The summed E-state index contributed by atoms with van der Waals surface area (Å²) in [5.41, 5.74) is 6.82. The molecule has 0 unspecified atom stereocenters. The van der Waals surface area contributed by atoms with Gasteiger partial charge < -0.3 is 9.47 Å². The lowest BCUT2D eigenvalue weighted by atomic mass is 10.1. The van der Waals surface area contributed by atoms with Crippen molar-refractivity contribution in [3.05, 3.63) is 64.6 Å². The Hall–Kier alpha value is -1.92. The Morgan fingerprint density at radius 2 is 1.61 bits per heavy atom. The molecule has 0 saturated carbocycles. The third-order valence-electron chi connectivity index (χ3n) is 6.90. The topological polar surface area (TPSA) is 37.2 Å². The van der Waals surface area contributed by atoms with Gasteiger partial charge in [-0.15, -0.1) is 24.8 Å². The van der Waals surface area contributed by atoms with Gasteiger partial charge in [0.15, 0.2) is 5.65 Å². The second-order valence-electron chi connectivity index (χ2n) is 10.2. The number of rotatable bonds is 9. The number of hydrogen-bond acceptors (Lipinski definition) is 4. The van der Waals surface area contributed by atoms with Crippen molar-refractivity contribution in [3.63, 3.8) is 0 Å². The molecule has 1 fully saturated rings. The van der Waals surface area contributed by atoms with E-state index in [1.165, 1.54) is 55.8 Å². The van der Waals surface area contributed by atoms with Crippen molar-refractivity contribution in [2.45, 2.75) is 54.0 Å². The number of piperazine rings is 1. The van der Waals surface area contributed by atoms with Gasteiger partial charge in [-0.3, -0.25) is 4.90 Å². The zero-order chi connectivity index (χ0) is 24.1. The standard InChI is InChI=1S/C29H41N5.2ClH/c1-6-27-31-28-23(4)20-24(5)30-29(28)34(27)21-26-11-9-25(10-12-26)8-7-14-32-16-18-33(19-17-32)15-13-22(2)3;;/h7-12,20,22H,6,13-19,21H2,1-5H3;2*1H. The molecule has 0 atom stereocenters. The molecule has 7 heteroatoms. The lowest BCUT2D eigenvalue weighted by Gasteiger charge is -2.34. The van der Waals surface area contributed by atoms with Crippen molar-refractivity contribution < 1.29 is 0 Å². The number of nitrogens with zero attached hydrogens (tertiary/aromatic N) is 5. The average molecular weight is 533 g/mol. The van der Waals surface area contributed by atoms with Gasteiger partial charge in [0, 0.05) is 44.8 Å². The molecule has 4 rings (SSSR count). The van der Waals surface area contributed by atoms with Gasteiger partial charge in [0.05, 0.1) is 6.54 Å². The van der Waals surface area contributed by atoms with Crippen molar-refractivity contribution >= 4 is 42.1 Å². The summed E-state index contributed by atoms with van der Waals surface area (Å²) < 4.78 is 2.28. The molecular weight excluding hydrogens is 489 g/mol. The number of imidazole rings is 1. The van der Waals surface area contributed by atoms with Gasteiger partial charge in [-0.1, -0.05) is 57.2 Å². The highest BCUT2D eigenvalue weighted by molar-refractivity contribution is 5.85. The van der Waals surface area contributed by atoms with E-state index in [0.717, 1.165) is 48.1 Å². The molecule has 0 spiro atoms. The van der Waals surface area contributed by atoms with Gasteiger partial charge in [-0.2, -0.15) is 0 Å². The molecule has 0 aliphatic carbocycles. The van der Waals surface area contributed by atoms with Crippen LogP contribution in [-0.4, -0.2) is 63.6 Å². The molecule has 0 amide bonds. The van der Waals surface area contributed by atoms with E-state index < -0.39 is 0 Å². The first-order valence-corrected chi connectivity index (χ1v) is 13.0. The molecule has 36 heavy (non-hydrogen) atoms. The van der Waals surface area contributed by atoms with E-state index in [1.54, 1.807) is 0 Å². The van der Waals surface area contributed by atoms with Crippen molar-refractivity contribution in [2.75, 3.05) is 39.3 Å². The van der Waals surface area contributed by atoms with Crippen LogP contribution >= 0.6 is 24.8 Å². The van der Waals surface area contributed by atoms with E-state index in [0.29, 0.717) is 0 Å². The maximum atomic E-state index is 4.87. The van der Waals surface area contributed by atoms with Crippen LogP contribution in [0.5, 0.6) is 0 Å². The minimum absolute atomic E-state index is 0. The Morgan fingerprint density at radius 3 is 2.25 bits per heavy atom. The molecule has 1 aliphatic heterocycles. The minimum Gasteiger partial charge on any atom is -0.308 e. The Morgan fingerprint density at radius 1 is 0.944 bits per heavy atom. The van der Waals surface area contributed by atoms with E-state index in [4.69, 9.17) is 9.97 Å². The first kappa shape index (κ1) is 30.3. The number of benzene rings is 1. The number of hydrogen-bond donors (Lipinski definition) is 0. The normalized spacial score (nSPS) is 14.9. The van der Waals surface area contributed by atoms with Gasteiger partial charge in [0.2, 0.25) is 0 Å². The fraction of sp³-hybridized carbons (Fsp3) is 0.517. The third kappa shape index (κ3) is 7.79. The van der Waals surface area contributed by atoms with Crippen molar-refractivity contribution in [1.82, 2.24) is 24.3 Å². The number of halogens is 2. The van der Waals surface area contributed by atoms with Crippen molar-refractivity contribution in [1.29, 1.82) is 0 Å². The first-order chi connectivity index (χ1) is 16.4. The fourth-order valence-corrected chi connectivity index (χ4v) is 4.78. The smallest absolute Gasteiger partial charge is 0.160 e. The molecule has 1 aliphatic rings. The maximum Gasteiger partial charge on any atom is 0.160 e. The lowest BCUT2D eigenvalue weighted by molar-refractivity contribution is 0.138. The van der Waals surface area contributed by atoms with Crippen LogP contribution in [0.3, 0.4) is 0 Å². The number of fused-ring (bicyclic) bond motifs is 1. The summed E-state index contributed by atoms with van der Waals surface area (Å²) in [6, 6.07) is 11.0. The molecule has 2 aromatic heterocycles. The van der Waals surface area contributed by atoms with Crippen LogP contribution in [0.1, 0.15) is 55.4 Å². The van der Waals surface area contributed by atoms with Gasteiger partial charge in [-0.05, 0) is 55.5 Å². The number of aryl methyl sites for hydroxylation is 3. The number of aromatic nitrogens is 3. The van der Waals surface area contributed by atoms with Crippen molar-refractivity contribution in [3.8, 4) is 0 Å². The second-order valence-corrected chi connectivity index (χ2v) is 10.2. The fourth-order valence-electron chi connectivity index (χ4n) is 4.78. The predicted octanol–water partition coefficient (Wildman–Crippen LogP) is 6.18. The Balaban J connectivity index is 0.00000228. The highest BCUT2D eigenvalue weighted by Crippen LogP contribution is 2.21. The van der Waals surface area contributed by atoms with E-state index >= 15 is 0 Å². The Kier molecular flexibility index (Phi) is 11.9. The lowest BCUT2D eigenvalue weighted by Crippen LogP contribution is -2.46. The highest BCUT2D eigenvalue weighted by Gasteiger charge is 2.16. The van der Waals surface area contributed by atoms with E-state index in [-0.39, 0.29) is 24.8 Å². The summed E-state index contributed by atoms with van der Waals surface area (Å²) in [6.07, 6.45) is 6.78. The van der Waals surface area contributed by atoms with Crippen LogP contribution in [-0.2, 0) is 13.0 Å². The predicted molar refractivity (Wildman–Crippen MR) is 158 cm³/mol. The summed E-state index contributed by atoms with van der Waals surface area (Å²) in [5, 5.41) is 0. The molecule has 0 bridgehead atoms. The minimum atomic E-state index is 0. The van der Waals surface area contributed by atoms with Crippen LogP contribution in [0.4, 0.5) is 0 Å². The maximum absolute atomic E-state index is 4.87. The molecule has 0 radical (unpaired) electrons. The zero-order valence-corrected chi connectivity index (χ0v) is 24.2. The molecular formula is C29H43Cl2N5. The van der Waals surface area contributed by atoms with Gasteiger partial charge in [-0.25, -0.2) is 9.97 Å². The monoisotopic (exact) mass is 531 g/mol. The quantitative estimate of drug-likeness (QED) is 0.330. The van der Waals surface area contributed by atoms with Crippen LogP contribution in [0.15, 0.2) is 36.4 Å². The summed E-state index contributed by atoms with van der Waals surface area (Å²) in [6.45, 7) is 18.8. The second kappa shape index (κ2) is 14.1. The van der Waals surface area contributed by atoms with E-state index in [1.807, 2.05) is 0 Å². The largest absolute Gasteiger partial charge is 0.308 e. The van der Waals surface area contributed by atoms with Gasteiger partial charge in [0.25, 0.3) is 0 Å². The summed E-state index contributed by atoms with van der Waals surface area (Å²) in [7, 11) is 0.